The molecule has 264 valence electrons. The van der Waals surface area contributed by atoms with Gasteiger partial charge in [0.15, 0.2) is 0 Å². The van der Waals surface area contributed by atoms with Gasteiger partial charge in [-0.1, -0.05) is 54.6 Å². The fourth-order valence-corrected chi connectivity index (χ4v) is 5.83. The van der Waals surface area contributed by atoms with E-state index in [9.17, 15) is 31.1 Å². The molecule has 6 rings (SSSR count). The molecule has 1 aliphatic heterocycles. The van der Waals surface area contributed by atoms with E-state index in [2.05, 4.69) is 5.32 Å². The predicted molar refractivity (Wildman–Crippen MR) is 177 cm³/mol. The molecular formula is C39H31F6NO5. The maximum Gasteiger partial charge on any atom is 0.419 e. The summed E-state index contributed by atoms with van der Waals surface area (Å²) in [5, 5.41) is 3.23. The number of nitrogens with one attached hydrogen (secondary N) is 1. The highest BCUT2D eigenvalue weighted by molar-refractivity contribution is 5.86. The van der Waals surface area contributed by atoms with Crippen LogP contribution in [0.15, 0.2) is 114 Å². The molecule has 2 heterocycles. The zero-order chi connectivity index (χ0) is 36.0. The summed E-state index contributed by atoms with van der Waals surface area (Å²) in [6.07, 6.45) is -5.44. The second-order valence-electron chi connectivity index (χ2n) is 11.6. The Hall–Kier alpha value is -5.49. The number of para-hydroxylation sites is 2. The third-order valence-electron chi connectivity index (χ3n) is 8.28. The van der Waals surface area contributed by atoms with Gasteiger partial charge in [-0.25, -0.2) is 4.79 Å². The van der Waals surface area contributed by atoms with E-state index in [0.717, 1.165) is 17.7 Å². The summed E-state index contributed by atoms with van der Waals surface area (Å²) in [4.78, 5) is 12.6. The number of carbonyl (C=O) groups excluding carboxylic acids is 1. The van der Waals surface area contributed by atoms with E-state index in [1.807, 2.05) is 6.08 Å². The van der Waals surface area contributed by atoms with E-state index in [4.69, 9.17) is 18.6 Å². The maximum absolute atomic E-state index is 13.9. The first-order chi connectivity index (χ1) is 24.5. The molecular weight excluding hydrogens is 676 g/mol. The Balaban J connectivity index is 1.45. The topological polar surface area (TPSA) is 69.9 Å². The molecule has 0 bridgehead atoms. The molecule has 0 fully saturated rings. The zero-order valence-electron chi connectivity index (χ0n) is 26.9. The molecule has 1 aliphatic rings. The van der Waals surface area contributed by atoms with Gasteiger partial charge in [0, 0.05) is 6.54 Å². The summed E-state index contributed by atoms with van der Waals surface area (Å²) in [7, 11) is 0. The van der Waals surface area contributed by atoms with Crippen molar-refractivity contribution in [1.29, 1.82) is 0 Å². The first kappa shape index (κ1) is 35.3. The van der Waals surface area contributed by atoms with E-state index in [0.29, 0.717) is 52.9 Å². The van der Waals surface area contributed by atoms with Crippen LogP contribution in [0.2, 0.25) is 0 Å². The van der Waals surface area contributed by atoms with Crippen LogP contribution < -0.4 is 14.8 Å². The minimum Gasteiger partial charge on any atom is -0.488 e. The first-order valence-electron chi connectivity index (χ1n) is 15.9. The molecule has 0 aliphatic carbocycles. The lowest BCUT2D eigenvalue weighted by atomic mass is 9.88. The third-order valence-corrected chi connectivity index (χ3v) is 8.28. The number of furan rings is 1. The molecule has 0 amide bonds. The molecule has 12 heteroatoms. The molecule has 1 N–H and O–H groups in total. The lowest BCUT2D eigenvalue weighted by molar-refractivity contribution is -0.139. The van der Waals surface area contributed by atoms with Gasteiger partial charge in [0.05, 0.1) is 17.4 Å². The van der Waals surface area contributed by atoms with Crippen molar-refractivity contribution in [2.45, 2.75) is 38.6 Å². The van der Waals surface area contributed by atoms with Crippen molar-refractivity contribution in [3.05, 3.63) is 149 Å². The third kappa shape index (κ3) is 8.46. The molecule has 0 spiro atoms. The Labute approximate surface area is 289 Å². The molecule has 0 radical (unpaired) electrons. The quantitative estimate of drug-likeness (QED) is 0.109. The van der Waals surface area contributed by atoms with Crippen molar-refractivity contribution >= 4 is 11.5 Å². The second-order valence-corrected chi connectivity index (χ2v) is 11.6. The number of esters is 1. The fourth-order valence-electron chi connectivity index (χ4n) is 5.83. The minimum atomic E-state index is -4.66. The first-order valence-corrected chi connectivity index (χ1v) is 15.9. The van der Waals surface area contributed by atoms with Gasteiger partial charge in [0.1, 0.15) is 31.3 Å². The van der Waals surface area contributed by atoms with E-state index in [-0.39, 0.29) is 37.1 Å². The van der Waals surface area contributed by atoms with Gasteiger partial charge in [0.25, 0.3) is 0 Å². The van der Waals surface area contributed by atoms with Gasteiger partial charge in [-0.3, -0.25) is 0 Å². The van der Waals surface area contributed by atoms with Crippen LogP contribution in [0, 0.1) is 0 Å². The number of ether oxygens (including phenoxy) is 3. The number of hydrogen-bond acceptors (Lipinski definition) is 6. The lowest BCUT2D eigenvalue weighted by Gasteiger charge is -2.23. The van der Waals surface area contributed by atoms with Crippen molar-refractivity contribution in [3.63, 3.8) is 0 Å². The van der Waals surface area contributed by atoms with E-state index in [1.54, 1.807) is 42.5 Å². The fraction of sp³-hybridized carbons (Fsp3) is 0.205. The summed E-state index contributed by atoms with van der Waals surface area (Å²) in [6.45, 7) is 0.450. The van der Waals surface area contributed by atoms with Crippen LogP contribution in [0.3, 0.4) is 0 Å². The van der Waals surface area contributed by atoms with Crippen LogP contribution in [-0.2, 0) is 36.9 Å². The highest BCUT2D eigenvalue weighted by Crippen LogP contribution is 2.40. The Morgan fingerprint density at radius 1 is 0.667 bits per heavy atom. The van der Waals surface area contributed by atoms with E-state index in [1.165, 1.54) is 48.7 Å². The smallest absolute Gasteiger partial charge is 0.419 e. The average molecular weight is 708 g/mol. The van der Waals surface area contributed by atoms with Crippen LogP contribution in [0.4, 0.5) is 26.3 Å². The molecule has 1 aromatic heterocycles. The summed E-state index contributed by atoms with van der Waals surface area (Å²) in [5.41, 5.74) is 2.34. The molecule has 4 aromatic carbocycles. The molecule has 51 heavy (non-hydrogen) atoms. The highest BCUT2D eigenvalue weighted by Gasteiger charge is 2.35. The standard InChI is InChI=1S/C39H31F6NO5/c40-38(41,42)32-10-3-5-12-34(32)49-23-27-21-31(29-9-2-1-8-26(29)22-51-37(47)36-14-7-19-48-36)28(20-30(27)25-15-17-46-18-16-25)24-50-35-13-6-4-11-33(35)39(43,44)45/h1-15,19-21,46H,16-18,22-24H2. The van der Waals surface area contributed by atoms with Crippen molar-refractivity contribution in [3.8, 4) is 22.6 Å². The SMILES string of the molecule is O=C(OCc1ccccc1-c1cc(COc2ccccc2C(F)(F)F)c(C2=CCNCC2)cc1COc1ccccc1C(F)(F)F)c1ccco1. The lowest BCUT2D eigenvalue weighted by Crippen LogP contribution is -2.20. The summed E-state index contributed by atoms with van der Waals surface area (Å²) >= 11 is 0. The molecule has 5 aromatic rings. The zero-order valence-corrected chi connectivity index (χ0v) is 26.9. The van der Waals surface area contributed by atoms with Gasteiger partial charge in [-0.15, -0.1) is 0 Å². The van der Waals surface area contributed by atoms with Gasteiger partial charge in [-0.05, 0) is 100 Å². The largest absolute Gasteiger partial charge is 0.488 e. The van der Waals surface area contributed by atoms with Crippen LogP contribution in [0.5, 0.6) is 11.5 Å². The number of hydrogen-bond donors (Lipinski definition) is 1. The van der Waals surface area contributed by atoms with Gasteiger partial charge < -0.3 is 23.9 Å². The Kier molecular flexibility index (Phi) is 10.5. The Morgan fingerprint density at radius 3 is 1.84 bits per heavy atom. The van der Waals surface area contributed by atoms with Crippen molar-refractivity contribution in [1.82, 2.24) is 5.32 Å². The Bertz CT molecular complexity index is 2020. The van der Waals surface area contributed by atoms with Gasteiger partial charge in [-0.2, -0.15) is 26.3 Å². The predicted octanol–water partition coefficient (Wildman–Crippen LogP) is 9.88. The molecule has 0 unspecified atom stereocenters. The summed E-state index contributed by atoms with van der Waals surface area (Å²) in [6, 6.07) is 23.3. The number of benzene rings is 4. The number of halogens is 6. The number of alkyl halides is 6. The maximum atomic E-state index is 13.9. The van der Waals surface area contributed by atoms with Crippen LogP contribution in [0.25, 0.3) is 16.7 Å². The van der Waals surface area contributed by atoms with E-state index >= 15 is 0 Å². The average Bonchev–Trinajstić information content (AvgIpc) is 3.68. The Morgan fingerprint density at radius 2 is 1.25 bits per heavy atom. The van der Waals surface area contributed by atoms with E-state index < -0.39 is 29.4 Å². The van der Waals surface area contributed by atoms with Gasteiger partial charge in [0.2, 0.25) is 5.76 Å². The number of carbonyl (C=O) groups is 1. The normalized spacial score (nSPS) is 13.4. The van der Waals surface area contributed by atoms with Gasteiger partial charge >= 0.3 is 18.3 Å². The van der Waals surface area contributed by atoms with Crippen molar-refractivity contribution in [2.75, 3.05) is 13.1 Å². The van der Waals surface area contributed by atoms with Crippen LogP contribution >= 0.6 is 0 Å². The monoisotopic (exact) mass is 707 g/mol. The number of rotatable bonds is 11. The molecule has 0 saturated carbocycles. The van der Waals surface area contributed by atoms with Crippen molar-refractivity contribution < 1.29 is 49.8 Å². The van der Waals surface area contributed by atoms with Crippen LogP contribution in [-0.4, -0.2) is 19.1 Å². The summed E-state index contributed by atoms with van der Waals surface area (Å²) < 4.78 is 106. The highest BCUT2D eigenvalue weighted by atomic mass is 19.4. The summed E-state index contributed by atoms with van der Waals surface area (Å²) in [5.74, 6) is -1.41. The molecule has 0 atom stereocenters. The molecule has 6 nitrogen and oxygen atoms in total. The minimum absolute atomic E-state index is 0.00285. The molecule has 0 saturated heterocycles. The van der Waals surface area contributed by atoms with Crippen molar-refractivity contribution in [2.24, 2.45) is 0 Å². The van der Waals surface area contributed by atoms with Crippen LogP contribution in [0.1, 0.15) is 50.4 Å². The second kappa shape index (κ2) is 15.2.